The number of allylic oxidation sites excluding steroid dienone is 4. The molecule has 2 aliphatic carbocycles. The van der Waals surface area contributed by atoms with Gasteiger partial charge in [-0.25, -0.2) is 0 Å². The zero-order chi connectivity index (χ0) is 20.0. The van der Waals surface area contributed by atoms with Crippen LogP contribution in [0.1, 0.15) is 55.4 Å². The van der Waals surface area contributed by atoms with E-state index in [1.165, 1.54) is 44.2 Å². The van der Waals surface area contributed by atoms with E-state index < -0.39 is 17.4 Å². The fourth-order valence-electron chi connectivity index (χ4n) is 6.43. The predicted molar refractivity (Wildman–Crippen MR) is 124 cm³/mol. The van der Waals surface area contributed by atoms with E-state index in [1.54, 1.807) is 16.7 Å². The summed E-state index contributed by atoms with van der Waals surface area (Å²) < 4.78 is 6.57. The minimum atomic E-state index is -3.33. The van der Waals surface area contributed by atoms with Crippen LogP contribution in [0.25, 0.3) is 11.1 Å². The Morgan fingerprint density at radius 1 is 0.964 bits per heavy atom. The third kappa shape index (κ3) is 2.94. The second kappa shape index (κ2) is 7.37. The van der Waals surface area contributed by atoms with E-state index in [-0.39, 0.29) is 0 Å². The monoisotopic (exact) mass is 464 g/mol. The molecule has 0 nitrogen and oxygen atoms in total. The van der Waals surface area contributed by atoms with Gasteiger partial charge < -0.3 is 0 Å². The molecule has 0 bridgehead atoms. The first kappa shape index (κ1) is 20.3. The van der Waals surface area contributed by atoms with Gasteiger partial charge in [0.05, 0.1) is 0 Å². The van der Waals surface area contributed by atoms with E-state index >= 15 is 0 Å². The fourth-order valence-corrected chi connectivity index (χ4v) is 33.4. The van der Waals surface area contributed by atoms with E-state index in [0.717, 1.165) is 6.42 Å². The van der Waals surface area contributed by atoms with E-state index in [1.807, 2.05) is 6.55 Å². The number of fused-ring (bicyclic) bond motifs is 3. The Balaban J connectivity index is 2.03. The zero-order valence-corrected chi connectivity index (χ0v) is 21.9. The van der Waals surface area contributed by atoms with Crippen molar-refractivity contribution in [3.63, 3.8) is 0 Å². The van der Waals surface area contributed by atoms with Crippen LogP contribution in [0.15, 0.2) is 51.8 Å². The molecule has 2 aromatic carbocycles. The first-order valence-corrected chi connectivity index (χ1v) is 22.9. The van der Waals surface area contributed by atoms with Crippen LogP contribution in [0.5, 0.6) is 0 Å². The van der Waals surface area contributed by atoms with Crippen molar-refractivity contribution in [2.75, 3.05) is 0 Å². The molecule has 28 heavy (non-hydrogen) atoms. The molecule has 0 fully saturated rings. The van der Waals surface area contributed by atoms with Crippen LogP contribution in [-0.2, 0) is 23.8 Å². The second-order valence-corrected chi connectivity index (χ2v) is 34.3. The topological polar surface area (TPSA) is 0 Å². The maximum atomic E-state index is 2.52. The summed E-state index contributed by atoms with van der Waals surface area (Å²) in [5, 5.41) is 0. The second-order valence-electron chi connectivity index (χ2n) is 9.38. The normalized spacial score (nSPS) is 15.5. The van der Waals surface area contributed by atoms with Crippen LogP contribution in [0, 0.1) is 13.8 Å². The first-order valence-electron chi connectivity index (χ1n) is 11.0. The Morgan fingerprint density at radius 2 is 1.68 bits per heavy atom. The van der Waals surface area contributed by atoms with Crippen LogP contribution < -0.4 is 3.27 Å². The zero-order valence-electron chi connectivity index (χ0n) is 18.1. The number of rotatable bonds is 6. The number of benzene rings is 2. The summed E-state index contributed by atoms with van der Waals surface area (Å²) in [4.78, 5) is 0. The molecule has 2 heteroatoms. The molecular formula is C26H34SiZr. The van der Waals surface area contributed by atoms with E-state index in [2.05, 4.69) is 83.1 Å². The molecule has 0 saturated heterocycles. The van der Waals surface area contributed by atoms with Crippen molar-refractivity contribution in [3.05, 3.63) is 74.1 Å². The van der Waals surface area contributed by atoms with Gasteiger partial charge in [-0.15, -0.1) is 0 Å². The molecule has 0 atom stereocenters. The molecule has 2 aromatic rings. The molecule has 4 rings (SSSR count). The van der Waals surface area contributed by atoms with Crippen molar-refractivity contribution < 1.29 is 17.4 Å². The summed E-state index contributed by atoms with van der Waals surface area (Å²) in [6.07, 6.45) is 12.2. The summed E-state index contributed by atoms with van der Waals surface area (Å²) in [7, 11) is 0. The summed E-state index contributed by atoms with van der Waals surface area (Å²) >= 11 is -3.33. The van der Waals surface area contributed by atoms with Gasteiger partial charge in [0.1, 0.15) is 0 Å². The summed E-state index contributed by atoms with van der Waals surface area (Å²) in [6, 6.07) is 11.9. The van der Waals surface area contributed by atoms with E-state index in [0.29, 0.717) is 0 Å². The SMILES string of the molecule is CC[CH2][Zr](=[SiH2])([CH2]CC)([C]1=CC=CC1)[c]1c(C)ccc2c1Cc1cc(C)ccc1-2. The predicted octanol–water partition coefficient (Wildman–Crippen LogP) is 6.24. The molecule has 2 aliphatic rings. The Labute approximate surface area is 173 Å². The van der Waals surface area contributed by atoms with Gasteiger partial charge >= 0.3 is 174 Å². The van der Waals surface area contributed by atoms with Gasteiger partial charge in [-0.2, -0.15) is 0 Å². The summed E-state index contributed by atoms with van der Waals surface area (Å²) in [5.41, 5.74) is 9.20. The molecule has 0 saturated carbocycles. The fraction of sp³-hybridized carbons (Fsp3) is 0.385. The summed E-state index contributed by atoms with van der Waals surface area (Å²) in [5.74, 6) is 0. The third-order valence-electron chi connectivity index (χ3n) is 7.41. The molecule has 0 spiro atoms. The van der Waals surface area contributed by atoms with Gasteiger partial charge in [0.25, 0.3) is 0 Å². The number of hydrogen-bond donors (Lipinski definition) is 0. The van der Waals surface area contributed by atoms with Crippen LogP contribution in [0.3, 0.4) is 0 Å². The Morgan fingerprint density at radius 3 is 2.32 bits per heavy atom. The van der Waals surface area contributed by atoms with Crippen molar-refractivity contribution in [2.24, 2.45) is 0 Å². The molecule has 0 aromatic heterocycles. The van der Waals surface area contributed by atoms with Crippen molar-refractivity contribution in [2.45, 2.75) is 61.6 Å². The Bertz CT molecular complexity index is 1060. The molecule has 0 heterocycles. The van der Waals surface area contributed by atoms with Gasteiger partial charge in [0.15, 0.2) is 0 Å². The molecule has 0 radical (unpaired) electrons. The maximum absolute atomic E-state index is 3.33. The number of hydrogen-bond acceptors (Lipinski definition) is 0. The molecule has 0 amide bonds. The average Bonchev–Trinajstić information content (AvgIpc) is 3.29. The number of aryl methyl sites for hydroxylation is 2. The molecular weight excluding hydrogens is 432 g/mol. The van der Waals surface area contributed by atoms with Crippen molar-refractivity contribution in [1.29, 1.82) is 0 Å². The van der Waals surface area contributed by atoms with Gasteiger partial charge in [-0.1, -0.05) is 0 Å². The molecule has 0 unspecified atom stereocenters. The first-order chi connectivity index (χ1) is 13.4. The quantitative estimate of drug-likeness (QED) is 0.378. The molecule has 0 aliphatic heterocycles. The van der Waals surface area contributed by atoms with E-state index in [4.69, 9.17) is 0 Å². The van der Waals surface area contributed by atoms with Gasteiger partial charge in [0.2, 0.25) is 0 Å². The van der Waals surface area contributed by atoms with Crippen LogP contribution in [-0.4, -0.2) is 6.88 Å². The van der Waals surface area contributed by atoms with Crippen molar-refractivity contribution in [3.8, 4) is 11.1 Å². The molecule has 146 valence electrons. The average molecular weight is 466 g/mol. The van der Waals surface area contributed by atoms with Gasteiger partial charge in [-0.05, 0) is 0 Å². The van der Waals surface area contributed by atoms with Crippen LogP contribution >= 0.6 is 0 Å². The Hall–Kier alpha value is -0.980. The third-order valence-corrected chi connectivity index (χ3v) is 34.8. The van der Waals surface area contributed by atoms with E-state index in [9.17, 15) is 0 Å². The minimum absolute atomic E-state index is 1.14. The van der Waals surface area contributed by atoms with Gasteiger partial charge in [0, 0.05) is 0 Å². The van der Waals surface area contributed by atoms with Crippen LogP contribution in [0.2, 0.25) is 8.26 Å². The van der Waals surface area contributed by atoms with Crippen molar-refractivity contribution >= 4 is 10.2 Å². The van der Waals surface area contributed by atoms with Gasteiger partial charge in [-0.3, -0.25) is 0 Å². The van der Waals surface area contributed by atoms with Crippen LogP contribution in [0.4, 0.5) is 0 Å². The molecule has 0 N–H and O–H groups in total. The standard InChI is InChI=1S/C15H13.C5H5.2C3H7.H2Si.Zr/c1-10-3-5-14-12(7-10)9-13-8-11(2)4-6-15(13)14;1-2-4-5-3-1;2*1-3-2;;/h3-7H,9H2,1-2H3;1-3H,4H2;2*1,3H2,2H3;1H2;. The van der Waals surface area contributed by atoms with Crippen molar-refractivity contribution in [1.82, 2.24) is 0 Å². The Kier molecular flexibility index (Phi) is 5.34. The summed E-state index contributed by atoms with van der Waals surface area (Å²) in [6.45, 7) is 12.0.